The van der Waals surface area contributed by atoms with Crippen molar-refractivity contribution in [3.8, 4) is 0 Å². The van der Waals surface area contributed by atoms with Gasteiger partial charge in [0, 0.05) is 18.3 Å². The molecule has 0 aromatic heterocycles. The van der Waals surface area contributed by atoms with Crippen LogP contribution in [-0.4, -0.2) is 39.7 Å². The second-order valence-corrected chi connectivity index (χ2v) is 5.67. The van der Waals surface area contributed by atoms with Gasteiger partial charge in [-0.05, 0) is 31.9 Å². The Kier molecular flexibility index (Phi) is 4.34. The molecule has 1 fully saturated rings. The number of hydrogen-bond donors (Lipinski definition) is 2. The zero-order valence-electron chi connectivity index (χ0n) is 11.5. The lowest BCUT2D eigenvalue weighted by atomic mass is 10.0. The van der Waals surface area contributed by atoms with Gasteiger partial charge in [0.1, 0.15) is 5.02 Å². The molecular weight excluding hydrogens is 298 g/mol. The Balaban J connectivity index is 2.13. The number of anilines is 1. The molecule has 1 aliphatic rings. The number of nitrogens with one attached hydrogen (secondary N) is 1. The molecule has 1 aromatic carbocycles. The predicted molar refractivity (Wildman–Crippen MR) is 78.6 cm³/mol. The van der Waals surface area contributed by atoms with E-state index in [-0.39, 0.29) is 23.3 Å². The number of carbonyl (C=O) groups excluding carboxylic acids is 1. The van der Waals surface area contributed by atoms with Crippen LogP contribution >= 0.6 is 11.6 Å². The van der Waals surface area contributed by atoms with Crippen molar-refractivity contribution in [1.29, 1.82) is 0 Å². The zero-order valence-corrected chi connectivity index (χ0v) is 12.3. The van der Waals surface area contributed by atoms with Gasteiger partial charge in [-0.25, -0.2) is 4.79 Å². The fourth-order valence-electron chi connectivity index (χ4n) is 2.46. The van der Waals surface area contributed by atoms with Crippen LogP contribution in [0, 0.1) is 10.1 Å². The highest BCUT2D eigenvalue weighted by Crippen LogP contribution is 2.30. The van der Waals surface area contributed by atoms with E-state index >= 15 is 0 Å². The molecule has 0 aliphatic carbocycles. The molecule has 2 rings (SSSR count). The standard InChI is InChI=1S/C13H16ClN3O4/c1-13(8-18)5-2-6-16(13)12(19)15-9-3-4-11(17(20)21)10(14)7-9/h3-4,7,18H,2,5-6,8H2,1H3,(H,15,19)/t13-/m1/s1. The number of urea groups is 1. The van der Waals surface area contributed by atoms with E-state index < -0.39 is 10.5 Å². The number of hydrogen-bond acceptors (Lipinski definition) is 4. The third-order valence-corrected chi connectivity index (χ3v) is 4.03. The van der Waals surface area contributed by atoms with E-state index in [1.54, 1.807) is 4.90 Å². The average Bonchev–Trinajstić information content (AvgIpc) is 2.81. The Morgan fingerprint density at radius 2 is 2.33 bits per heavy atom. The normalized spacial score (nSPS) is 21.4. The van der Waals surface area contributed by atoms with Crippen molar-refractivity contribution in [3.63, 3.8) is 0 Å². The van der Waals surface area contributed by atoms with E-state index in [0.29, 0.717) is 12.2 Å². The van der Waals surface area contributed by atoms with Crippen LogP contribution in [0.3, 0.4) is 0 Å². The number of likely N-dealkylation sites (tertiary alicyclic amines) is 1. The van der Waals surface area contributed by atoms with E-state index in [1.807, 2.05) is 6.92 Å². The minimum Gasteiger partial charge on any atom is -0.394 e. The number of halogens is 1. The summed E-state index contributed by atoms with van der Waals surface area (Å²) in [5.41, 5.74) is -0.409. The van der Waals surface area contributed by atoms with Crippen LogP contribution in [0.4, 0.5) is 16.2 Å². The molecule has 1 saturated heterocycles. The minimum absolute atomic E-state index is 0.0378. The maximum atomic E-state index is 12.2. The van der Waals surface area contributed by atoms with Crippen LogP contribution in [0.25, 0.3) is 0 Å². The van der Waals surface area contributed by atoms with Gasteiger partial charge in [-0.3, -0.25) is 10.1 Å². The molecular formula is C13H16ClN3O4. The van der Waals surface area contributed by atoms with E-state index in [1.165, 1.54) is 18.2 Å². The highest BCUT2D eigenvalue weighted by atomic mass is 35.5. The Morgan fingerprint density at radius 1 is 1.62 bits per heavy atom. The Labute approximate surface area is 126 Å². The third-order valence-electron chi connectivity index (χ3n) is 3.73. The number of nitro groups is 1. The van der Waals surface area contributed by atoms with Crippen molar-refractivity contribution >= 4 is 29.0 Å². The summed E-state index contributed by atoms with van der Waals surface area (Å²) in [6.07, 6.45) is 1.56. The van der Waals surface area contributed by atoms with Crippen LogP contribution in [0.1, 0.15) is 19.8 Å². The molecule has 1 aromatic rings. The molecule has 0 spiro atoms. The SMILES string of the molecule is C[C@]1(CO)CCCN1C(=O)Nc1ccc([N+](=O)[O-])c(Cl)c1. The molecule has 21 heavy (non-hydrogen) atoms. The molecule has 0 saturated carbocycles. The smallest absolute Gasteiger partial charge is 0.322 e. The van der Waals surface area contributed by atoms with Gasteiger partial charge in [-0.15, -0.1) is 0 Å². The lowest BCUT2D eigenvalue weighted by Gasteiger charge is -2.33. The molecule has 2 N–H and O–H groups in total. The van der Waals surface area contributed by atoms with Crippen molar-refractivity contribution in [2.75, 3.05) is 18.5 Å². The highest BCUT2D eigenvalue weighted by molar-refractivity contribution is 6.33. The van der Waals surface area contributed by atoms with E-state index in [2.05, 4.69) is 5.32 Å². The maximum absolute atomic E-state index is 12.2. The van der Waals surface area contributed by atoms with Crippen molar-refractivity contribution < 1.29 is 14.8 Å². The van der Waals surface area contributed by atoms with Crippen molar-refractivity contribution in [3.05, 3.63) is 33.3 Å². The zero-order chi connectivity index (χ0) is 15.6. The minimum atomic E-state index is -0.586. The average molecular weight is 314 g/mol. The lowest BCUT2D eigenvalue weighted by molar-refractivity contribution is -0.384. The molecule has 114 valence electrons. The number of benzene rings is 1. The summed E-state index contributed by atoms with van der Waals surface area (Å²) >= 11 is 5.80. The Morgan fingerprint density at radius 3 is 2.90 bits per heavy atom. The molecule has 0 unspecified atom stereocenters. The third kappa shape index (κ3) is 3.08. The van der Waals surface area contributed by atoms with Crippen LogP contribution in [0.5, 0.6) is 0 Å². The van der Waals surface area contributed by atoms with Gasteiger partial charge in [0.15, 0.2) is 0 Å². The van der Waals surface area contributed by atoms with Crippen LogP contribution < -0.4 is 5.32 Å². The fraction of sp³-hybridized carbons (Fsp3) is 0.462. The second kappa shape index (κ2) is 5.87. The summed E-state index contributed by atoms with van der Waals surface area (Å²) in [5, 5.41) is 22.7. The first kappa shape index (κ1) is 15.5. The number of rotatable bonds is 3. The Hall–Kier alpha value is -1.86. The van der Waals surface area contributed by atoms with E-state index in [4.69, 9.17) is 11.6 Å². The van der Waals surface area contributed by atoms with Gasteiger partial charge in [0.25, 0.3) is 5.69 Å². The van der Waals surface area contributed by atoms with E-state index in [9.17, 15) is 20.0 Å². The summed E-state index contributed by atoms with van der Waals surface area (Å²) in [5.74, 6) is 0. The number of nitrogens with zero attached hydrogens (tertiary/aromatic N) is 2. The van der Waals surface area contributed by atoms with Gasteiger partial charge in [0.2, 0.25) is 0 Å². The predicted octanol–water partition coefficient (Wildman–Crippen LogP) is 2.63. The summed E-state index contributed by atoms with van der Waals surface area (Å²) in [6, 6.07) is 3.65. The maximum Gasteiger partial charge on any atom is 0.322 e. The van der Waals surface area contributed by atoms with Crippen molar-refractivity contribution in [1.82, 2.24) is 4.90 Å². The molecule has 8 heteroatoms. The van der Waals surface area contributed by atoms with Crippen LogP contribution in [0.15, 0.2) is 18.2 Å². The summed E-state index contributed by atoms with van der Waals surface area (Å²) in [7, 11) is 0. The number of aliphatic hydroxyl groups is 1. The first-order valence-electron chi connectivity index (χ1n) is 6.51. The Bertz CT molecular complexity index is 581. The first-order valence-corrected chi connectivity index (χ1v) is 6.88. The highest BCUT2D eigenvalue weighted by Gasteiger charge is 2.39. The topological polar surface area (TPSA) is 95.7 Å². The molecule has 1 heterocycles. The second-order valence-electron chi connectivity index (χ2n) is 5.26. The lowest BCUT2D eigenvalue weighted by Crippen LogP contribution is -2.49. The molecule has 1 aliphatic heterocycles. The molecule has 0 radical (unpaired) electrons. The van der Waals surface area contributed by atoms with Gasteiger partial charge >= 0.3 is 6.03 Å². The van der Waals surface area contributed by atoms with Gasteiger partial charge < -0.3 is 15.3 Å². The number of nitro benzene ring substituents is 1. The number of carbonyl (C=O) groups is 1. The van der Waals surface area contributed by atoms with Crippen molar-refractivity contribution in [2.24, 2.45) is 0 Å². The van der Waals surface area contributed by atoms with Gasteiger partial charge in [0.05, 0.1) is 17.1 Å². The van der Waals surface area contributed by atoms with Crippen LogP contribution in [-0.2, 0) is 0 Å². The summed E-state index contributed by atoms with van der Waals surface area (Å²) in [4.78, 5) is 23.9. The number of amides is 2. The molecule has 0 bridgehead atoms. The molecule has 2 amide bonds. The largest absolute Gasteiger partial charge is 0.394 e. The molecule has 7 nitrogen and oxygen atoms in total. The van der Waals surface area contributed by atoms with E-state index in [0.717, 1.165) is 12.8 Å². The summed E-state index contributed by atoms with van der Waals surface area (Å²) in [6.45, 7) is 2.27. The monoisotopic (exact) mass is 313 g/mol. The number of aliphatic hydroxyl groups excluding tert-OH is 1. The molecule has 1 atom stereocenters. The first-order chi connectivity index (χ1) is 9.87. The quantitative estimate of drug-likeness (QED) is 0.662. The summed E-state index contributed by atoms with van der Waals surface area (Å²) < 4.78 is 0. The fourth-order valence-corrected chi connectivity index (χ4v) is 2.71. The van der Waals surface area contributed by atoms with Gasteiger partial charge in [-0.2, -0.15) is 0 Å². The van der Waals surface area contributed by atoms with Crippen LogP contribution in [0.2, 0.25) is 5.02 Å². The van der Waals surface area contributed by atoms with Crippen molar-refractivity contribution in [2.45, 2.75) is 25.3 Å². The van der Waals surface area contributed by atoms with Gasteiger partial charge in [-0.1, -0.05) is 11.6 Å².